The molecule has 0 spiro atoms. The van der Waals surface area contributed by atoms with Crippen molar-refractivity contribution in [3.8, 4) is 0 Å². The molecule has 1 unspecified atom stereocenters. The quantitative estimate of drug-likeness (QED) is 0.640. The predicted octanol–water partition coefficient (Wildman–Crippen LogP) is 1.76. The van der Waals surface area contributed by atoms with Gasteiger partial charge in [-0.1, -0.05) is 6.92 Å². The second kappa shape index (κ2) is 4.86. The van der Waals surface area contributed by atoms with Crippen molar-refractivity contribution in [1.82, 2.24) is 0 Å². The normalized spacial score (nSPS) is 12.5. The standard InChI is InChI=1S/C11H18N2O/c1-3-10(14)7-13-9-4-5-11(12)8(2)6-9/h4-6,10,13-14H,3,7,12H2,1-2H3. The summed E-state index contributed by atoms with van der Waals surface area (Å²) in [6.45, 7) is 4.51. The van der Waals surface area contributed by atoms with Crippen molar-refractivity contribution in [2.24, 2.45) is 0 Å². The van der Waals surface area contributed by atoms with Crippen molar-refractivity contribution >= 4 is 11.4 Å². The number of nitrogens with one attached hydrogen (secondary N) is 1. The number of hydrogen-bond acceptors (Lipinski definition) is 3. The first-order valence-electron chi connectivity index (χ1n) is 4.91. The highest BCUT2D eigenvalue weighted by molar-refractivity contribution is 5.56. The van der Waals surface area contributed by atoms with Crippen LogP contribution in [0.3, 0.4) is 0 Å². The first kappa shape index (κ1) is 10.9. The highest BCUT2D eigenvalue weighted by Crippen LogP contribution is 2.16. The van der Waals surface area contributed by atoms with Gasteiger partial charge in [0.1, 0.15) is 0 Å². The summed E-state index contributed by atoms with van der Waals surface area (Å²) in [5.41, 5.74) is 8.55. The molecule has 0 saturated heterocycles. The van der Waals surface area contributed by atoms with Crippen molar-refractivity contribution in [3.05, 3.63) is 23.8 Å². The summed E-state index contributed by atoms with van der Waals surface area (Å²) in [5, 5.41) is 12.5. The van der Waals surface area contributed by atoms with Gasteiger partial charge in [-0.25, -0.2) is 0 Å². The number of anilines is 2. The summed E-state index contributed by atoms with van der Waals surface area (Å²) in [6.07, 6.45) is 0.480. The zero-order chi connectivity index (χ0) is 10.6. The van der Waals surface area contributed by atoms with Crippen LogP contribution in [0.4, 0.5) is 11.4 Å². The van der Waals surface area contributed by atoms with Gasteiger partial charge in [0.15, 0.2) is 0 Å². The Morgan fingerprint density at radius 3 is 2.79 bits per heavy atom. The van der Waals surface area contributed by atoms with Crippen molar-refractivity contribution in [1.29, 1.82) is 0 Å². The summed E-state index contributed by atoms with van der Waals surface area (Å²) in [5.74, 6) is 0. The molecule has 14 heavy (non-hydrogen) atoms. The summed E-state index contributed by atoms with van der Waals surface area (Å²) in [7, 11) is 0. The first-order chi connectivity index (χ1) is 6.63. The third-order valence-electron chi connectivity index (χ3n) is 2.28. The lowest BCUT2D eigenvalue weighted by Gasteiger charge is -2.11. The highest BCUT2D eigenvalue weighted by atomic mass is 16.3. The Balaban J connectivity index is 2.55. The topological polar surface area (TPSA) is 58.3 Å². The molecule has 0 aliphatic rings. The van der Waals surface area contributed by atoms with Crippen LogP contribution < -0.4 is 11.1 Å². The molecule has 0 radical (unpaired) electrons. The minimum atomic E-state index is -0.284. The Bertz CT molecular complexity index is 299. The van der Waals surface area contributed by atoms with Crippen LogP contribution in [0.15, 0.2) is 18.2 Å². The van der Waals surface area contributed by atoms with Gasteiger partial charge in [-0.3, -0.25) is 0 Å². The van der Waals surface area contributed by atoms with Gasteiger partial charge in [0.05, 0.1) is 6.10 Å². The predicted molar refractivity (Wildman–Crippen MR) is 60.4 cm³/mol. The van der Waals surface area contributed by atoms with E-state index in [0.29, 0.717) is 6.54 Å². The van der Waals surface area contributed by atoms with E-state index < -0.39 is 0 Å². The van der Waals surface area contributed by atoms with Crippen molar-refractivity contribution in [2.75, 3.05) is 17.6 Å². The van der Waals surface area contributed by atoms with E-state index in [1.54, 1.807) is 0 Å². The maximum absolute atomic E-state index is 9.36. The Labute approximate surface area is 84.9 Å². The van der Waals surface area contributed by atoms with Crippen molar-refractivity contribution < 1.29 is 5.11 Å². The van der Waals surface area contributed by atoms with E-state index in [0.717, 1.165) is 23.4 Å². The molecule has 3 heteroatoms. The van der Waals surface area contributed by atoms with Crippen LogP contribution in [0.1, 0.15) is 18.9 Å². The third kappa shape index (κ3) is 2.92. The lowest BCUT2D eigenvalue weighted by atomic mass is 10.2. The number of aliphatic hydroxyl groups is 1. The molecule has 1 aromatic rings. The molecule has 1 rings (SSSR count). The number of aliphatic hydroxyl groups excluding tert-OH is 1. The molecule has 1 aromatic carbocycles. The molecule has 0 heterocycles. The first-order valence-corrected chi connectivity index (χ1v) is 4.91. The Morgan fingerprint density at radius 2 is 2.21 bits per heavy atom. The van der Waals surface area contributed by atoms with Gasteiger partial charge in [-0.2, -0.15) is 0 Å². The molecule has 0 aliphatic carbocycles. The summed E-state index contributed by atoms with van der Waals surface area (Å²) < 4.78 is 0. The SMILES string of the molecule is CCC(O)CNc1ccc(N)c(C)c1. The number of nitrogen functional groups attached to an aromatic ring is 1. The van der Waals surface area contributed by atoms with E-state index in [-0.39, 0.29) is 6.10 Å². The second-order valence-corrected chi connectivity index (χ2v) is 3.51. The van der Waals surface area contributed by atoms with E-state index in [9.17, 15) is 5.11 Å². The van der Waals surface area contributed by atoms with Gasteiger partial charge in [0.25, 0.3) is 0 Å². The number of nitrogens with two attached hydrogens (primary N) is 1. The van der Waals surface area contributed by atoms with Gasteiger partial charge < -0.3 is 16.2 Å². The van der Waals surface area contributed by atoms with Crippen LogP contribution in [0.25, 0.3) is 0 Å². The molecule has 1 atom stereocenters. The molecule has 0 saturated carbocycles. The Kier molecular flexibility index (Phi) is 3.77. The van der Waals surface area contributed by atoms with Crippen LogP contribution >= 0.6 is 0 Å². The lowest BCUT2D eigenvalue weighted by molar-refractivity contribution is 0.183. The monoisotopic (exact) mass is 194 g/mol. The molecule has 4 N–H and O–H groups in total. The highest BCUT2D eigenvalue weighted by Gasteiger charge is 2.00. The average molecular weight is 194 g/mol. The van der Waals surface area contributed by atoms with E-state index >= 15 is 0 Å². The molecule has 0 aliphatic heterocycles. The molecular formula is C11H18N2O. The lowest BCUT2D eigenvalue weighted by Crippen LogP contribution is -2.18. The third-order valence-corrected chi connectivity index (χ3v) is 2.28. The molecule has 0 aromatic heterocycles. The van der Waals surface area contributed by atoms with E-state index in [4.69, 9.17) is 5.73 Å². The van der Waals surface area contributed by atoms with E-state index in [1.807, 2.05) is 32.0 Å². The zero-order valence-corrected chi connectivity index (χ0v) is 8.75. The van der Waals surface area contributed by atoms with Gasteiger partial charge in [-0.05, 0) is 37.1 Å². The maximum atomic E-state index is 9.36. The Morgan fingerprint density at radius 1 is 1.50 bits per heavy atom. The van der Waals surface area contributed by atoms with Gasteiger partial charge >= 0.3 is 0 Å². The van der Waals surface area contributed by atoms with Gasteiger partial charge in [0.2, 0.25) is 0 Å². The van der Waals surface area contributed by atoms with Crippen LogP contribution in [0, 0.1) is 6.92 Å². The van der Waals surface area contributed by atoms with E-state index in [2.05, 4.69) is 5.32 Å². The van der Waals surface area contributed by atoms with Gasteiger partial charge in [-0.15, -0.1) is 0 Å². The smallest absolute Gasteiger partial charge is 0.0709 e. The van der Waals surface area contributed by atoms with Crippen LogP contribution in [-0.2, 0) is 0 Å². The molecule has 0 fully saturated rings. The van der Waals surface area contributed by atoms with Crippen molar-refractivity contribution in [2.45, 2.75) is 26.4 Å². The van der Waals surface area contributed by atoms with E-state index in [1.165, 1.54) is 0 Å². The van der Waals surface area contributed by atoms with Crippen LogP contribution in [0.2, 0.25) is 0 Å². The van der Waals surface area contributed by atoms with Crippen LogP contribution in [0.5, 0.6) is 0 Å². The van der Waals surface area contributed by atoms with Crippen molar-refractivity contribution in [3.63, 3.8) is 0 Å². The number of rotatable bonds is 4. The fourth-order valence-corrected chi connectivity index (χ4v) is 1.17. The summed E-state index contributed by atoms with van der Waals surface area (Å²) >= 11 is 0. The number of benzene rings is 1. The van der Waals surface area contributed by atoms with Crippen LogP contribution in [-0.4, -0.2) is 17.8 Å². The summed E-state index contributed by atoms with van der Waals surface area (Å²) in [4.78, 5) is 0. The molecule has 0 amide bonds. The fraction of sp³-hybridized carbons (Fsp3) is 0.455. The molecular weight excluding hydrogens is 176 g/mol. The maximum Gasteiger partial charge on any atom is 0.0709 e. The molecule has 3 nitrogen and oxygen atoms in total. The zero-order valence-electron chi connectivity index (χ0n) is 8.75. The number of hydrogen-bond donors (Lipinski definition) is 3. The minimum Gasteiger partial charge on any atom is -0.399 e. The minimum absolute atomic E-state index is 0.284. The molecule has 0 bridgehead atoms. The Hall–Kier alpha value is -1.22. The summed E-state index contributed by atoms with van der Waals surface area (Å²) in [6, 6.07) is 5.78. The molecule has 78 valence electrons. The average Bonchev–Trinajstić information content (AvgIpc) is 2.19. The number of aryl methyl sites for hydroxylation is 1. The second-order valence-electron chi connectivity index (χ2n) is 3.51. The largest absolute Gasteiger partial charge is 0.399 e. The fourth-order valence-electron chi connectivity index (χ4n) is 1.17. The van der Waals surface area contributed by atoms with Gasteiger partial charge in [0, 0.05) is 17.9 Å².